The number of phenolic OH excluding ortho intramolecular Hbond substituents is 2. The van der Waals surface area contributed by atoms with Gasteiger partial charge in [0.15, 0.2) is 0 Å². The molecule has 2 nitrogen and oxygen atoms in total. The second-order valence-corrected chi connectivity index (χ2v) is 4.25. The molecular weight excluding hydrogens is 176 g/mol. The van der Waals surface area contributed by atoms with E-state index in [1.54, 1.807) is 32.3 Å². The third-order valence-corrected chi connectivity index (χ3v) is 3.25. The van der Waals surface area contributed by atoms with Gasteiger partial charge in [-0.25, -0.2) is 0 Å². The molecule has 0 aromatic heterocycles. The number of aromatic hydroxyl groups is 2. The maximum Gasteiger partial charge on any atom is 0.122 e. The maximum absolute atomic E-state index is 8.94. The zero-order valence-corrected chi connectivity index (χ0v) is 8.40. The molecule has 2 aliphatic carbocycles. The van der Waals surface area contributed by atoms with Gasteiger partial charge in [0, 0.05) is 5.56 Å². The van der Waals surface area contributed by atoms with Gasteiger partial charge in [-0.05, 0) is 50.2 Å². The zero-order valence-electron chi connectivity index (χ0n) is 8.40. The molecule has 2 N–H and O–H groups in total. The van der Waals surface area contributed by atoms with Crippen LogP contribution in [0.1, 0.15) is 24.8 Å². The Balaban J connectivity index is 0.000000123. The fourth-order valence-electron chi connectivity index (χ4n) is 1.80. The van der Waals surface area contributed by atoms with Crippen molar-refractivity contribution >= 4 is 0 Å². The Morgan fingerprint density at radius 3 is 1.79 bits per heavy atom. The Morgan fingerprint density at radius 2 is 1.57 bits per heavy atom. The smallest absolute Gasteiger partial charge is 0.122 e. The van der Waals surface area contributed by atoms with Crippen molar-refractivity contribution in [2.24, 2.45) is 11.8 Å². The van der Waals surface area contributed by atoms with Crippen LogP contribution in [0.4, 0.5) is 0 Å². The van der Waals surface area contributed by atoms with Crippen molar-refractivity contribution in [2.75, 3.05) is 0 Å². The lowest BCUT2D eigenvalue weighted by Crippen LogP contribution is -1.93. The predicted octanol–water partition coefficient (Wildman–Crippen LogP) is 2.82. The van der Waals surface area contributed by atoms with Gasteiger partial charge in [0.05, 0.1) is 0 Å². The first kappa shape index (κ1) is 9.38. The number of phenols is 2. The molecule has 0 amide bonds. The average Bonchev–Trinajstić information content (AvgIpc) is 2.70. The fraction of sp³-hybridized carbons (Fsp3) is 0.500. The molecule has 2 fully saturated rings. The average molecular weight is 192 g/mol. The second kappa shape index (κ2) is 3.52. The summed E-state index contributed by atoms with van der Waals surface area (Å²) in [6.45, 7) is 1.66. The SMILES string of the molecule is C1CC2CC12.Cc1c(O)cccc1O. The molecule has 0 spiro atoms. The predicted molar refractivity (Wildman–Crippen MR) is 55.3 cm³/mol. The van der Waals surface area contributed by atoms with Crippen molar-refractivity contribution in [3.8, 4) is 11.5 Å². The summed E-state index contributed by atoms with van der Waals surface area (Å²) in [5.74, 6) is 2.73. The molecular formula is C12H16O2. The number of rotatable bonds is 0. The molecule has 0 saturated heterocycles. The molecule has 1 aromatic rings. The third-order valence-electron chi connectivity index (χ3n) is 3.25. The highest BCUT2D eigenvalue weighted by Crippen LogP contribution is 2.55. The Bertz CT molecular complexity index is 301. The van der Waals surface area contributed by atoms with Gasteiger partial charge in [-0.15, -0.1) is 0 Å². The Labute approximate surface area is 84.2 Å². The molecule has 0 bridgehead atoms. The molecule has 2 unspecified atom stereocenters. The first-order valence-corrected chi connectivity index (χ1v) is 5.16. The van der Waals surface area contributed by atoms with Gasteiger partial charge in [-0.1, -0.05) is 6.07 Å². The number of fused-ring (bicyclic) bond motifs is 1. The van der Waals surface area contributed by atoms with Crippen LogP contribution in [0.5, 0.6) is 11.5 Å². The molecule has 0 heterocycles. The minimum Gasteiger partial charge on any atom is -0.508 e. The normalized spacial score (nSPS) is 26.6. The maximum atomic E-state index is 8.94. The lowest BCUT2D eigenvalue weighted by molar-refractivity contribution is 0.443. The molecule has 2 atom stereocenters. The molecule has 2 aliphatic rings. The third kappa shape index (κ3) is 1.84. The van der Waals surface area contributed by atoms with Crippen molar-refractivity contribution in [1.82, 2.24) is 0 Å². The Morgan fingerprint density at radius 1 is 1.07 bits per heavy atom. The van der Waals surface area contributed by atoms with Gasteiger partial charge in [0.25, 0.3) is 0 Å². The van der Waals surface area contributed by atoms with E-state index in [1.165, 1.54) is 24.0 Å². The van der Waals surface area contributed by atoms with Crippen LogP contribution < -0.4 is 0 Å². The summed E-state index contributed by atoms with van der Waals surface area (Å²) in [6.07, 6.45) is 4.70. The van der Waals surface area contributed by atoms with E-state index in [9.17, 15) is 0 Å². The first-order valence-electron chi connectivity index (χ1n) is 5.16. The van der Waals surface area contributed by atoms with Gasteiger partial charge >= 0.3 is 0 Å². The molecule has 2 saturated carbocycles. The minimum atomic E-state index is 0.134. The van der Waals surface area contributed by atoms with Gasteiger partial charge in [-0.2, -0.15) is 0 Å². The summed E-state index contributed by atoms with van der Waals surface area (Å²) >= 11 is 0. The van der Waals surface area contributed by atoms with Crippen LogP contribution in [-0.2, 0) is 0 Å². The highest BCUT2D eigenvalue weighted by Gasteiger charge is 2.44. The highest BCUT2D eigenvalue weighted by molar-refractivity contribution is 5.41. The molecule has 76 valence electrons. The van der Waals surface area contributed by atoms with Crippen molar-refractivity contribution in [3.63, 3.8) is 0 Å². The first-order chi connectivity index (χ1) is 6.68. The zero-order chi connectivity index (χ0) is 10.1. The Hall–Kier alpha value is -1.18. The molecule has 3 rings (SSSR count). The standard InChI is InChI=1S/C7H8O2.C5H8/c1-5-6(8)3-2-4-7(5)9;1-2-5-3-4(1)5/h2-4,8-9H,1H3;4-5H,1-3H2. The van der Waals surface area contributed by atoms with E-state index in [1.807, 2.05) is 0 Å². The summed E-state index contributed by atoms with van der Waals surface area (Å²) in [5.41, 5.74) is 0.525. The van der Waals surface area contributed by atoms with E-state index >= 15 is 0 Å². The van der Waals surface area contributed by atoms with Gasteiger partial charge < -0.3 is 10.2 Å². The minimum absolute atomic E-state index is 0.134. The van der Waals surface area contributed by atoms with Crippen molar-refractivity contribution in [1.29, 1.82) is 0 Å². The summed E-state index contributed by atoms with van der Waals surface area (Å²) in [7, 11) is 0. The number of benzene rings is 1. The molecule has 14 heavy (non-hydrogen) atoms. The van der Waals surface area contributed by atoms with Crippen LogP contribution >= 0.6 is 0 Å². The van der Waals surface area contributed by atoms with E-state index in [4.69, 9.17) is 10.2 Å². The van der Waals surface area contributed by atoms with Crippen molar-refractivity contribution in [2.45, 2.75) is 26.2 Å². The van der Waals surface area contributed by atoms with Crippen LogP contribution in [0.25, 0.3) is 0 Å². The molecule has 1 aromatic carbocycles. The fourth-order valence-corrected chi connectivity index (χ4v) is 1.80. The summed E-state index contributed by atoms with van der Waals surface area (Å²) in [6, 6.07) is 4.67. The molecule has 0 aliphatic heterocycles. The Kier molecular flexibility index (Phi) is 2.36. The van der Waals surface area contributed by atoms with E-state index in [0.717, 1.165) is 0 Å². The van der Waals surface area contributed by atoms with E-state index in [2.05, 4.69) is 0 Å². The van der Waals surface area contributed by atoms with Crippen molar-refractivity contribution < 1.29 is 10.2 Å². The van der Waals surface area contributed by atoms with Gasteiger partial charge in [-0.3, -0.25) is 0 Å². The summed E-state index contributed by atoms with van der Waals surface area (Å²) in [5, 5.41) is 17.9. The summed E-state index contributed by atoms with van der Waals surface area (Å²) < 4.78 is 0. The monoisotopic (exact) mass is 192 g/mol. The van der Waals surface area contributed by atoms with E-state index < -0.39 is 0 Å². The summed E-state index contributed by atoms with van der Waals surface area (Å²) in [4.78, 5) is 0. The van der Waals surface area contributed by atoms with Gasteiger partial charge in [0.2, 0.25) is 0 Å². The number of hydrogen-bond acceptors (Lipinski definition) is 2. The topological polar surface area (TPSA) is 40.5 Å². The lowest BCUT2D eigenvalue weighted by atomic mass is 10.0. The highest BCUT2D eigenvalue weighted by atomic mass is 16.3. The van der Waals surface area contributed by atoms with Crippen LogP contribution in [0, 0.1) is 18.8 Å². The van der Waals surface area contributed by atoms with Crippen LogP contribution in [-0.4, -0.2) is 10.2 Å². The van der Waals surface area contributed by atoms with Crippen LogP contribution in [0.3, 0.4) is 0 Å². The lowest BCUT2D eigenvalue weighted by Gasteiger charge is -2.04. The van der Waals surface area contributed by atoms with E-state index in [-0.39, 0.29) is 11.5 Å². The largest absolute Gasteiger partial charge is 0.508 e. The second-order valence-electron chi connectivity index (χ2n) is 4.25. The van der Waals surface area contributed by atoms with E-state index in [0.29, 0.717) is 5.56 Å². The van der Waals surface area contributed by atoms with Crippen LogP contribution in [0.2, 0.25) is 0 Å². The van der Waals surface area contributed by atoms with Crippen LogP contribution in [0.15, 0.2) is 18.2 Å². The molecule has 2 heteroatoms. The van der Waals surface area contributed by atoms with Crippen molar-refractivity contribution in [3.05, 3.63) is 23.8 Å². The number of hydrogen-bond donors (Lipinski definition) is 2. The quantitative estimate of drug-likeness (QED) is 0.663. The van der Waals surface area contributed by atoms with Gasteiger partial charge in [0.1, 0.15) is 11.5 Å². The molecule has 0 radical (unpaired) electrons.